The Labute approximate surface area is 121 Å². The summed E-state index contributed by atoms with van der Waals surface area (Å²) in [7, 11) is 0. The van der Waals surface area contributed by atoms with Crippen LogP contribution in [0.1, 0.15) is 10.4 Å². The highest BCUT2D eigenvalue weighted by Gasteiger charge is 2.08. The van der Waals surface area contributed by atoms with Gasteiger partial charge in [-0.25, -0.2) is 4.98 Å². The van der Waals surface area contributed by atoms with Crippen LogP contribution in [0.5, 0.6) is 0 Å². The lowest BCUT2D eigenvalue weighted by molar-refractivity contribution is 0.102. The molecule has 3 nitrogen and oxygen atoms in total. The van der Waals surface area contributed by atoms with Crippen molar-refractivity contribution in [3.05, 3.63) is 56.2 Å². The summed E-state index contributed by atoms with van der Waals surface area (Å²) in [6.45, 7) is 0. The molecule has 1 amide bonds. The molecule has 0 fully saturated rings. The summed E-state index contributed by atoms with van der Waals surface area (Å²) in [5.41, 5.74) is 0.614. The second-order valence-corrected chi connectivity index (χ2v) is 5.39. The molecule has 0 radical (unpaired) electrons. The molecule has 1 aromatic carbocycles. The summed E-state index contributed by atoms with van der Waals surface area (Å²) < 4.78 is 1.86. The van der Waals surface area contributed by atoms with Crippen LogP contribution in [0.3, 0.4) is 0 Å². The summed E-state index contributed by atoms with van der Waals surface area (Å²) in [4.78, 5) is 16.0. The van der Waals surface area contributed by atoms with Crippen molar-refractivity contribution in [2.24, 2.45) is 0 Å². The molecule has 0 aliphatic heterocycles. The molecule has 0 aliphatic rings. The van der Waals surface area contributed by atoms with Gasteiger partial charge in [0.2, 0.25) is 0 Å². The van der Waals surface area contributed by atoms with Gasteiger partial charge in [0.15, 0.2) is 0 Å². The molecule has 0 saturated heterocycles. The van der Waals surface area contributed by atoms with Crippen LogP contribution in [0, 0.1) is 3.57 Å². The quantitative estimate of drug-likeness (QED) is 0.778. The monoisotopic (exact) mass is 402 g/mol. The number of aromatic nitrogens is 1. The Morgan fingerprint density at radius 3 is 2.59 bits per heavy atom. The number of hydrogen-bond acceptors (Lipinski definition) is 2. The van der Waals surface area contributed by atoms with Crippen molar-refractivity contribution in [1.82, 2.24) is 4.98 Å². The smallest absolute Gasteiger partial charge is 0.256 e. The van der Waals surface area contributed by atoms with Crippen LogP contribution in [-0.4, -0.2) is 10.9 Å². The zero-order chi connectivity index (χ0) is 12.3. The second kappa shape index (κ2) is 5.59. The van der Waals surface area contributed by atoms with Crippen molar-refractivity contribution >= 4 is 50.2 Å². The lowest BCUT2D eigenvalue weighted by Crippen LogP contribution is -2.13. The molecule has 1 aromatic heterocycles. The van der Waals surface area contributed by atoms with E-state index in [1.807, 2.05) is 18.2 Å². The SMILES string of the molecule is O=C(Nc1ncccc1Br)c1ccc(I)cc1. The molecule has 0 spiro atoms. The van der Waals surface area contributed by atoms with Crippen molar-refractivity contribution in [3.63, 3.8) is 0 Å². The van der Waals surface area contributed by atoms with Crippen LogP contribution in [0.25, 0.3) is 0 Å². The van der Waals surface area contributed by atoms with Crippen LogP contribution < -0.4 is 5.32 Å². The number of nitrogens with one attached hydrogen (secondary N) is 1. The van der Waals surface area contributed by atoms with E-state index in [2.05, 4.69) is 48.8 Å². The second-order valence-electron chi connectivity index (χ2n) is 3.29. The van der Waals surface area contributed by atoms with Gasteiger partial charge in [0, 0.05) is 15.3 Å². The van der Waals surface area contributed by atoms with E-state index in [1.165, 1.54) is 0 Å². The first-order chi connectivity index (χ1) is 8.16. The zero-order valence-corrected chi connectivity index (χ0v) is 12.4. The molecule has 2 rings (SSSR count). The third kappa shape index (κ3) is 3.26. The molecule has 0 unspecified atom stereocenters. The van der Waals surface area contributed by atoms with Crippen LogP contribution in [-0.2, 0) is 0 Å². The van der Waals surface area contributed by atoms with Crippen molar-refractivity contribution < 1.29 is 4.79 Å². The Morgan fingerprint density at radius 2 is 1.94 bits per heavy atom. The van der Waals surface area contributed by atoms with Gasteiger partial charge in [-0.15, -0.1) is 0 Å². The predicted octanol–water partition coefficient (Wildman–Crippen LogP) is 3.70. The highest BCUT2D eigenvalue weighted by atomic mass is 127. The lowest BCUT2D eigenvalue weighted by Gasteiger charge is -2.05. The van der Waals surface area contributed by atoms with E-state index in [-0.39, 0.29) is 5.91 Å². The first kappa shape index (κ1) is 12.5. The first-order valence-corrected chi connectivity index (χ1v) is 6.71. The number of pyridine rings is 1. The topological polar surface area (TPSA) is 42.0 Å². The van der Waals surface area contributed by atoms with Crippen molar-refractivity contribution in [2.75, 3.05) is 5.32 Å². The van der Waals surface area contributed by atoms with Crippen LogP contribution >= 0.6 is 38.5 Å². The first-order valence-electron chi connectivity index (χ1n) is 4.84. The third-order valence-electron chi connectivity index (χ3n) is 2.10. The summed E-state index contributed by atoms with van der Waals surface area (Å²) in [5, 5.41) is 2.75. The van der Waals surface area contributed by atoms with E-state index >= 15 is 0 Å². The zero-order valence-electron chi connectivity index (χ0n) is 8.65. The highest BCUT2D eigenvalue weighted by molar-refractivity contribution is 14.1. The molecule has 1 N–H and O–H groups in total. The van der Waals surface area contributed by atoms with Crippen molar-refractivity contribution in [2.45, 2.75) is 0 Å². The fourth-order valence-corrected chi connectivity index (χ4v) is 1.97. The molecule has 2 aromatic rings. The average Bonchev–Trinajstić information content (AvgIpc) is 2.33. The number of anilines is 1. The molecule has 0 aliphatic carbocycles. The number of halogens is 2. The van der Waals surface area contributed by atoms with Gasteiger partial charge in [-0.3, -0.25) is 4.79 Å². The molecular weight excluding hydrogens is 395 g/mol. The van der Waals surface area contributed by atoms with Gasteiger partial charge in [-0.2, -0.15) is 0 Å². The Balaban J connectivity index is 2.17. The molecule has 0 atom stereocenters. The van der Waals surface area contributed by atoms with Crippen molar-refractivity contribution in [3.8, 4) is 0 Å². The van der Waals surface area contributed by atoms with E-state index in [9.17, 15) is 4.79 Å². The molecule has 17 heavy (non-hydrogen) atoms. The summed E-state index contributed by atoms with van der Waals surface area (Å²) in [6.07, 6.45) is 1.63. The fraction of sp³-hybridized carbons (Fsp3) is 0. The number of carbonyl (C=O) groups excluding carboxylic acids is 1. The Morgan fingerprint density at radius 1 is 1.24 bits per heavy atom. The number of amides is 1. The molecular formula is C12H8BrIN2O. The molecule has 1 heterocycles. The summed E-state index contributed by atoms with van der Waals surface area (Å²) >= 11 is 5.53. The van der Waals surface area contributed by atoms with Gasteiger partial charge >= 0.3 is 0 Å². The standard InChI is InChI=1S/C12H8BrIN2O/c13-10-2-1-7-15-11(10)16-12(17)8-3-5-9(14)6-4-8/h1-7H,(H,15,16,17). The summed E-state index contributed by atoms with van der Waals surface area (Å²) in [6, 6.07) is 11.0. The van der Waals surface area contributed by atoms with Gasteiger partial charge in [0.1, 0.15) is 5.82 Å². The van der Waals surface area contributed by atoms with E-state index < -0.39 is 0 Å². The van der Waals surface area contributed by atoms with Crippen molar-refractivity contribution in [1.29, 1.82) is 0 Å². The Hall–Kier alpha value is -0.950. The van der Waals surface area contributed by atoms with Gasteiger partial charge < -0.3 is 5.32 Å². The number of carbonyl (C=O) groups is 1. The number of nitrogens with zero attached hydrogens (tertiary/aromatic N) is 1. The van der Waals surface area contributed by atoms with E-state index in [4.69, 9.17) is 0 Å². The highest BCUT2D eigenvalue weighted by Crippen LogP contribution is 2.19. The maximum Gasteiger partial charge on any atom is 0.256 e. The number of rotatable bonds is 2. The number of benzene rings is 1. The van der Waals surface area contributed by atoms with Crippen LogP contribution in [0.15, 0.2) is 47.1 Å². The molecule has 5 heteroatoms. The van der Waals surface area contributed by atoms with Crippen LogP contribution in [0.2, 0.25) is 0 Å². The third-order valence-corrected chi connectivity index (χ3v) is 3.46. The minimum absolute atomic E-state index is 0.166. The van der Waals surface area contributed by atoms with E-state index in [0.717, 1.165) is 8.04 Å². The minimum Gasteiger partial charge on any atom is -0.306 e. The van der Waals surface area contributed by atoms with Gasteiger partial charge in [-0.05, 0) is 74.9 Å². The molecule has 0 saturated carbocycles. The lowest BCUT2D eigenvalue weighted by atomic mass is 10.2. The minimum atomic E-state index is -0.166. The van der Waals surface area contributed by atoms with E-state index in [0.29, 0.717) is 11.4 Å². The predicted molar refractivity (Wildman–Crippen MR) is 79.0 cm³/mol. The molecule has 0 bridgehead atoms. The molecule has 86 valence electrons. The van der Waals surface area contributed by atoms with Gasteiger partial charge in [-0.1, -0.05) is 0 Å². The Kier molecular flexibility index (Phi) is 4.11. The van der Waals surface area contributed by atoms with E-state index in [1.54, 1.807) is 24.4 Å². The largest absolute Gasteiger partial charge is 0.306 e. The van der Waals surface area contributed by atoms with Gasteiger partial charge in [0.05, 0.1) is 4.47 Å². The average molecular weight is 403 g/mol. The number of hydrogen-bond donors (Lipinski definition) is 1. The summed E-state index contributed by atoms with van der Waals surface area (Å²) in [5.74, 6) is 0.358. The maximum atomic E-state index is 11.9. The van der Waals surface area contributed by atoms with Gasteiger partial charge in [0.25, 0.3) is 5.91 Å². The van der Waals surface area contributed by atoms with Crippen LogP contribution in [0.4, 0.5) is 5.82 Å². The fourth-order valence-electron chi connectivity index (χ4n) is 1.26. The Bertz CT molecular complexity index is 542. The maximum absolute atomic E-state index is 11.9. The normalized spacial score (nSPS) is 10.0.